The molecule has 6 nitrogen and oxygen atoms in total. The van der Waals surface area contributed by atoms with Crippen LogP contribution in [0.15, 0.2) is 53.6 Å². The number of thioether (sulfide) groups is 1. The Morgan fingerprint density at radius 3 is 2.50 bits per heavy atom. The van der Waals surface area contributed by atoms with Crippen molar-refractivity contribution in [1.29, 1.82) is 0 Å². The fourth-order valence-corrected chi connectivity index (χ4v) is 3.95. The third kappa shape index (κ3) is 4.10. The number of hydrogen-bond acceptors (Lipinski definition) is 5. The Bertz CT molecular complexity index is 1040. The van der Waals surface area contributed by atoms with Crippen molar-refractivity contribution in [3.63, 3.8) is 0 Å². The summed E-state index contributed by atoms with van der Waals surface area (Å²) in [6.07, 6.45) is 0.579. The van der Waals surface area contributed by atoms with E-state index in [0.29, 0.717) is 29.6 Å². The van der Waals surface area contributed by atoms with Crippen LogP contribution in [-0.2, 0) is 11.2 Å². The SMILES string of the molecule is O=C(CSc1nc2ccccc2nc1Cc1ccc(Cl)cc1)N1CCNC1=O. The monoisotopic (exact) mass is 412 g/mol. The Hall–Kier alpha value is -2.64. The number of para-hydroxylation sites is 2. The van der Waals surface area contributed by atoms with Crippen LogP contribution in [0.1, 0.15) is 11.3 Å². The molecule has 142 valence electrons. The predicted octanol–water partition coefficient (Wildman–Crippen LogP) is 3.52. The molecule has 1 aliphatic rings. The van der Waals surface area contributed by atoms with E-state index in [1.165, 1.54) is 16.7 Å². The fraction of sp³-hybridized carbons (Fsp3) is 0.200. The maximum Gasteiger partial charge on any atom is 0.324 e. The van der Waals surface area contributed by atoms with Crippen LogP contribution in [0, 0.1) is 0 Å². The number of nitrogens with one attached hydrogen (secondary N) is 1. The van der Waals surface area contributed by atoms with Gasteiger partial charge in [-0.15, -0.1) is 0 Å². The molecule has 8 heteroatoms. The van der Waals surface area contributed by atoms with E-state index >= 15 is 0 Å². The van der Waals surface area contributed by atoms with Gasteiger partial charge in [-0.1, -0.05) is 47.6 Å². The third-order valence-electron chi connectivity index (χ3n) is 4.38. The van der Waals surface area contributed by atoms with Gasteiger partial charge in [0, 0.05) is 24.5 Å². The van der Waals surface area contributed by atoms with E-state index in [1.807, 2.05) is 48.5 Å². The molecule has 1 saturated heterocycles. The summed E-state index contributed by atoms with van der Waals surface area (Å²) in [5, 5.41) is 4.01. The van der Waals surface area contributed by atoms with E-state index in [1.54, 1.807) is 0 Å². The second-order valence-electron chi connectivity index (χ2n) is 6.33. The number of urea groups is 1. The normalized spacial score (nSPS) is 13.8. The summed E-state index contributed by atoms with van der Waals surface area (Å²) in [7, 11) is 0. The van der Waals surface area contributed by atoms with Crippen LogP contribution in [0.4, 0.5) is 4.79 Å². The number of fused-ring (bicyclic) bond motifs is 1. The van der Waals surface area contributed by atoms with E-state index in [0.717, 1.165) is 22.3 Å². The zero-order valence-corrected chi connectivity index (χ0v) is 16.5. The van der Waals surface area contributed by atoms with Gasteiger partial charge in [-0.2, -0.15) is 0 Å². The van der Waals surface area contributed by atoms with E-state index in [9.17, 15) is 9.59 Å². The van der Waals surface area contributed by atoms with Gasteiger partial charge in [0.2, 0.25) is 5.91 Å². The van der Waals surface area contributed by atoms with Gasteiger partial charge in [-0.3, -0.25) is 9.69 Å². The van der Waals surface area contributed by atoms with Gasteiger partial charge in [0.05, 0.1) is 22.5 Å². The van der Waals surface area contributed by atoms with Crippen LogP contribution in [0.3, 0.4) is 0 Å². The van der Waals surface area contributed by atoms with Crippen molar-refractivity contribution < 1.29 is 9.59 Å². The molecule has 28 heavy (non-hydrogen) atoms. The molecule has 0 saturated carbocycles. The molecule has 2 heterocycles. The van der Waals surface area contributed by atoms with Crippen LogP contribution >= 0.6 is 23.4 Å². The average molecular weight is 413 g/mol. The summed E-state index contributed by atoms with van der Waals surface area (Å²) in [4.78, 5) is 34.8. The molecule has 3 amide bonds. The molecule has 1 aromatic heterocycles. The summed E-state index contributed by atoms with van der Waals surface area (Å²) in [6, 6.07) is 14.9. The summed E-state index contributed by atoms with van der Waals surface area (Å²) in [5.41, 5.74) is 3.43. The zero-order valence-electron chi connectivity index (χ0n) is 14.9. The topological polar surface area (TPSA) is 75.2 Å². The van der Waals surface area contributed by atoms with Crippen molar-refractivity contribution in [3.05, 3.63) is 64.8 Å². The Labute approximate surface area is 171 Å². The number of imide groups is 1. The molecule has 4 rings (SSSR count). The van der Waals surface area contributed by atoms with Crippen LogP contribution in [0.5, 0.6) is 0 Å². The van der Waals surface area contributed by atoms with Gasteiger partial charge >= 0.3 is 6.03 Å². The van der Waals surface area contributed by atoms with Gasteiger partial charge in [0.15, 0.2) is 0 Å². The number of nitrogens with zero attached hydrogens (tertiary/aromatic N) is 3. The summed E-state index contributed by atoms with van der Waals surface area (Å²) in [6.45, 7) is 0.895. The van der Waals surface area contributed by atoms with E-state index in [4.69, 9.17) is 21.6 Å². The van der Waals surface area contributed by atoms with Gasteiger partial charge in [0.25, 0.3) is 0 Å². The molecule has 0 spiro atoms. The number of benzene rings is 2. The Morgan fingerprint density at radius 2 is 1.82 bits per heavy atom. The van der Waals surface area contributed by atoms with Gasteiger partial charge in [-0.05, 0) is 29.8 Å². The highest BCUT2D eigenvalue weighted by Crippen LogP contribution is 2.25. The van der Waals surface area contributed by atoms with Crippen LogP contribution in [-0.4, -0.2) is 45.6 Å². The Morgan fingerprint density at radius 1 is 1.11 bits per heavy atom. The van der Waals surface area contributed by atoms with Crippen molar-refractivity contribution in [3.8, 4) is 0 Å². The molecule has 3 aromatic rings. The maximum absolute atomic E-state index is 12.4. The van der Waals surface area contributed by atoms with Crippen molar-refractivity contribution in [2.75, 3.05) is 18.8 Å². The third-order valence-corrected chi connectivity index (χ3v) is 5.62. The summed E-state index contributed by atoms with van der Waals surface area (Å²) >= 11 is 7.29. The standard InChI is InChI=1S/C20H17ClN4O2S/c21-14-7-5-13(6-8-14)11-17-19(24-16-4-2-1-3-15(16)23-17)28-12-18(26)25-10-9-22-20(25)27/h1-8H,9-12H2,(H,22,27). The molecule has 0 aliphatic carbocycles. The Balaban J connectivity index is 1.60. The van der Waals surface area contributed by atoms with Crippen molar-refractivity contribution >= 4 is 46.3 Å². The van der Waals surface area contributed by atoms with Crippen molar-refractivity contribution in [1.82, 2.24) is 20.2 Å². The maximum atomic E-state index is 12.4. The minimum absolute atomic E-state index is 0.133. The summed E-state index contributed by atoms with van der Waals surface area (Å²) < 4.78 is 0. The van der Waals surface area contributed by atoms with E-state index in [2.05, 4.69) is 5.32 Å². The molecule has 0 unspecified atom stereocenters. The lowest BCUT2D eigenvalue weighted by molar-refractivity contribution is -0.124. The van der Waals surface area contributed by atoms with Crippen molar-refractivity contribution in [2.24, 2.45) is 0 Å². The minimum atomic E-state index is -0.336. The smallest absolute Gasteiger partial charge is 0.324 e. The number of aromatic nitrogens is 2. The second kappa shape index (κ2) is 8.16. The lowest BCUT2D eigenvalue weighted by Gasteiger charge is -2.13. The number of rotatable bonds is 5. The molecule has 1 aliphatic heterocycles. The number of carbonyl (C=O) groups excluding carboxylic acids is 2. The van der Waals surface area contributed by atoms with Crippen LogP contribution < -0.4 is 5.32 Å². The molecule has 0 bridgehead atoms. The summed E-state index contributed by atoms with van der Waals surface area (Å²) in [5.74, 6) is -0.0963. The van der Waals surface area contributed by atoms with Gasteiger partial charge in [0.1, 0.15) is 5.03 Å². The number of hydrogen-bond donors (Lipinski definition) is 1. The highest BCUT2D eigenvalue weighted by atomic mass is 35.5. The first-order valence-corrected chi connectivity index (χ1v) is 10.2. The first-order chi connectivity index (χ1) is 13.6. The lowest BCUT2D eigenvalue weighted by atomic mass is 10.1. The highest BCUT2D eigenvalue weighted by Gasteiger charge is 2.26. The first-order valence-electron chi connectivity index (χ1n) is 8.81. The molecule has 0 radical (unpaired) electrons. The molecular formula is C20H17ClN4O2S. The molecular weight excluding hydrogens is 396 g/mol. The van der Waals surface area contributed by atoms with E-state index < -0.39 is 0 Å². The minimum Gasteiger partial charge on any atom is -0.336 e. The fourth-order valence-electron chi connectivity index (χ4n) is 2.96. The predicted molar refractivity (Wildman–Crippen MR) is 110 cm³/mol. The number of amides is 3. The number of carbonyl (C=O) groups is 2. The van der Waals surface area contributed by atoms with Gasteiger partial charge in [-0.25, -0.2) is 14.8 Å². The molecule has 2 aromatic carbocycles. The van der Waals surface area contributed by atoms with E-state index in [-0.39, 0.29) is 17.7 Å². The van der Waals surface area contributed by atoms with Crippen LogP contribution in [0.25, 0.3) is 11.0 Å². The van der Waals surface area contributed by atoms with Crippen LogP contribution in [0.2, 0.25) is 5.02 Å². The first kappa shape index (κ1) is 18.7. The largest absolute Gasteiger partial charge is 0.336 e. The second-order valence-corrected chi connectivity index (χ2v) is 7.73. The van der Waals surface area contributed by atoms with Crippen molar-refractivity contribution in [2.45, 2.75) is 11.4 Å². The molecule has 1 N–H and O–H groups in total. The molecule has 0 atom stereocenters. The molecule has 1 fully saturated rings. The average Bonchev–Trinajstić information content (AvgIpc) is 3.14. The zero-order chi connectivity index (χ0) is 19.5. The van der Waals surface area contributed by atoms with Gasteiger partial charge < -0.3 is 5.32 Å². The highest BCUT2D eigenvalue weighted by molar-refractivity contribution is 7.99. The lowest BCUT2D eigenvalue weighted by Crippen LogP contribution is -2.35. The quantitative estimate of drug-likeness (QED) is 0.649. The number of halogens is 1. The Kier molecular flexibility index (Phi) is 5.45.